The van der Waals surface area contributed by atoms with E-state index in [0.29, 0.717) is 35.3 Å². The van der Waals surface area contributed by atoms with Gasteiger partial charge in [0.15, 0.2) is 5.78 Å². The van der Waals surface area contributed by atoms with Crippen molar-refractivity contribution in [2.24, 2.45) is 11.1 Å². The van der Waals surface area contributed by atoms with Crippen LogP contribution in [0.1, 0.15) is 62.4 Å². The number of Topliss-reactive ketones (excluding diaryl/α,β-unsaturated/α-hetero) is 1. The molecule has 1 aliphatic carbocycles. The van der Waals surface area contributed by atoms with Crippen LogP contribution in [0, 0.1) is 5.41 Å². The van der Waals surface area contributed by atoms with Gasteiger partial charge in [0, 0.05) is 18.4 Å². The number of nitrogens with two attached hydrogens (primary N) is 1. The van der Waals surface area contributed by atoms with E-state index in [1.54, 1.807) is 38.1 Å². The summed E-state index contributed by atoms with van der Waals surface area (Å²) in [6, 6.07) is 6.57. The van der Waals surface area contributed by atoms with E-state index < -0.39 is 17.9 Å². The average Bonchev–Trinajstić information content (AvgIpc) is 2.64. The van der Waals surface area contributed by atoms with Crippen LogP contribution in [-0.2, 0) is 23.8 Å². The molecule has 3 rings (SSSR count). The monoisotopic (exact) mass is 413 g/mol. The topological polar surface area (TPSA) is 105 Å². The molecule has 0 fully saturated rings. The predicted octanol–water partition coefficient (Wildman–Crippen LogP) is 3.35. The number of ketones is 1. The van der Waals surface area contributed by atoms with Gasteiger partial charge in [-0.2, -0.15) is 0 Å². The van der Waals surface area contributed by atoms with Crippen LogP contribution in [0.2, 0.25) is 0 Å². The maximum Gasteiger partial charge on any atom is 0.340 e. The molecule has 0 spiro atoms. The summed E-state index contributed by atoms with van der Waals surface area (Å²) in [6.07, 6.45) is 0.493. The molecular formula is C23H27NO6. The van der Waals surface area contributed by atoms with Gasteiger partial charge in [-0.25, -0.2) is 9.59 Å². The average molecular weight is 413 g/mol. The molecule has 1 heterocycles. The summed E-state index contributed by atoms with van der Waals surface area (Å²) in [4.78, 5) is 37.8. The molecular weight excluding hydrogens is 386 g/mol. The van der Waals surface area contributed by atoms with Gasteiger partial charge in [0.2, 0.25) is 5.88 Å². The first-order valence-electron chi connectivity index (χ1n) is 9.87. The number of methoxy groups -OCH3 is 1. The van der Waals surface area contributed by atoms with E-state index in [4.69, 9.17) is 19.9 Å². The molecule has 1 aromatic carbocycles. The second-order valence-electron chi connectivity index (χ2n) is 8.66. The number of hydrogen-bond acceptors (Lipinski definition) is 7. The first-order chi connectivity index (χ1) is 14.0. The Balaban J connectivity index is 2.13. The number of carbonyl (C=O) groups is 3. The standard InChI is InChI=1S/C23H27NO6/c1-12(2)29-22(27)19-17(13-6-8-14(9-7-13)21(26)28-5)18-15(25)10-23(3,4)11-16(18)30-20(19)24/h6-9,12,17H,10-11,24H2,1-5H3. The SMILES string of the molecule is COC(=O)c1ccc(C2C(C(=O)OC(C)C)=C(N)OC3=C2C(=O)CC(C)(C)C3)cc1. The Labute approximate surface area is 175 Å². The Morgan fingerprint density at radius 2 is 1.77 bits per heavy atom. The Hall–Kier alpha value is -3.09. The van der Waals surface area contributed by atoms with Crippen molar-refractivity contribution < 1.29 is 28.6 Å². The van der Waals surface area contributed by atoms with Gasteiger partial charge < -0.3 is 19.9 Å². The van der Waals surface area contributed by atoms with Crippen LogP contribution >= 0.6 is 0 Å². The number of allylic oxidation sites excluding steroid dienone is 2. The van der Waals surface area contributed by atoms with E-state index >= 15 is 0 Å². The van der Waals surface area contributed by atoms with Crippen LogP contribution in [0.3, 0.4) is 0 Å². The van der Waals surface area contributed by atoms with Crippen molar-refractivity contribution in [3.8, 4) is 0 Å². The molecule has 160 valence electrons. The van der Waals surface area contributed by atoms with Crippen molar-refractivity contribution in [3.63, 3.8) is 0 Å². The highest BCUT2D eigenvalue weighted by Gasteiger charge is 2.45. The van der Waals surface area contributed by atoms with E-state index in [9.17, 15) is 14.4 Å². The van der Waals surface area contributed by atoms with E-state index in [1.165, 1.54) is 7.11 Å². The van der Waals surface area contributed by atoms with Gasteiger partial charge in [0.05, 0.1) is 24.7 Å². The van der Waals surface area contributed by atoms with Crippen LogP contribution in [0.5, 0.6) is 0 Å². The smallest absolute Gasteiger partial charge is 0.340 e. The quantitative estimate of drug-likeness (QED) is 0.755. The van der Waals surface area contributed by atoms with Gasteiger partial charge >= 0.3 is 11.9 Å². The zero-order valence-electron chi connectivity index (χ0n) is 17.9. The molecule has 0 radical (unpaired) electrons. The molecule has 1 aliphatic heterocycles. The third kappa shape index (κ3) is 4.10. The fourth-order valence-electron chi connectivity index (χ4n) is 3.92. The lowest BCUT2D eigenvalue weighted by atomic mass is 9.70. The van der Waals surface area contributed by atoms with Gasteiger partial charge in [-0.1, -0.05) is 26.0 Å². The molecule has 2 N–H and O–H groups in total. The molecule has 2 aliphatic rings. The minimum atomic E-state index is -0.727. The van der Waals surface area contributed by atoms with E-state index in [1.807, 2.05) is 13.8 Å². The summed E-state index contributed by atoms with van der Waals surface area (Å²) in [5.41, 5.74) is 7.41. The van der Waals surface area contributed by atoms with Crippen LogP contribution in [0.25, 0.3) is 0 Å². The third-order valence-electron chi connectivity index (χ3n) is 5.18. The Morgan fingerprint density at radius 3 is 2.33 bits per heavy atom. The summed E-state index contributed by atoms with van der Waals surface area (Å²) in [7, 11) is 1.30. The lowest BCUT2D eigenvalue weighted by Gasteiger charge is -2.38. The minimum absolute atomic E-state index is 0.0630. The molecule has 1 unspecified atom stereocenters. The molecule has 30 heavy (non-hydrogen) atoms. The highest BCUT2D eigenvalue weighted by Crippen LogP contribution is 2.48. The van der Waals surface area contributed by atoms with Gasteiger partial charge in [-0.05, 0) is 37.0 Å². The first-order valence-corrected chi connectivity index (χ1v) is 9.87. The number of esters is 2. The number of hydrogen-bond donors (Lipinski definition) is 1. The minimum Gasteiger partial charge on any atom is -0.465 e. The molecule has 0 amide bonds. The predicted molar refractivity (Wildman–Crippen MR) is 109 cm³/mol. The van der Waals surface area contributed by atoms with E-state index in [0.717, 1.165) is 0 Å². The third-order valence-corrected chi connectivity index (χ3v) is 5.18. The van der Waals surface area contributed by atoms with Gasteiger partial charge in [-0.3, -0.25) is 4.79 Å². The number of carbonyl (C=O) groups excluding carboxylic acids is 3. The fraction of sp³-hybridized carbons (Fsp3) is 0.435. The van der Waals surface area contributed by atoms with Gasteiger partial charge in [-0.15, -0.1) is 0 Å². The second kappa shape index (κ2) is 7.97. The normalized spacial score (nSPS) is 20.6. The van der Waals surface area contributed by atoms with Crippen LogP contribution in [0.4, 0.5) is 0 Å². The van der Waals surface area contributed by atoms with Crippen molar-refractivity contribution in [1.82, 2.24) is 0 Å². The van der Waals surface area contributed by atoms with E-state index in [2.05, 4.69) is 0 Å². The van der Waals surface area contributed by atoms with Gasteiger partial charge in [0.25, 0.3) is 0 Å². The maximum atomic E-state index is 13.1. The largest absolute Gasteiger partial charge is 0.465 e. The Morgan fingerprint density at radius 1 is 1.13 bits per heavy atom. The van der Waals surface area contributed by atoms with Gasteiger partial charge in [0.1, 0.15) is 11.3 Å². The summed E-state index contributed by atoms with van der Waals surface area (Å²) in [5.74, 6) is -1.50. The molecule has 1 aromatic rings. The van der Waals surface area contributed by atoms with Crippen molar-refractivity contribution in [2.75, 3.05) is 7.11 Å². The second-order valence-corrected chi connectivity index (χ2v) is 8.66. The summed E-state index contributed by atoms with van der Waals surface area (Å²) in [6.45, 7) is 7.44. The van der Waals surface area contributed by atoms with Crippen LogP contribution in [-0.4, -0.2) is 30.9 Å². The van der Waals surface area contributed by atoms with Crippen LogP contribution < -0.4 is 5.73 Å². The highest BCUT2D eigenvalue weighted by molar-refractivity contribution is 6.03. The lowest BCUT2D eigenvalue weighted by molar-refractivity contribution is -0.143. The summed E-state index contributed by atoms with van der Waals surface area (Å²) < 4.78 is 15.9. The summed E-state index contributed by atoms with van der Waals surface area (Å²) >= 11 is 0. The maximum absolute atomic E-state index is 13.1. The number of rotatable bonds is 4. The van der Waals surface area contributed by atoms with Crippen LogP contribution in [0.15, 0.2) is 47.1 Å². The Kier molecular flexibility index (Phi) is 5.74. The zero-order valence-corrected chi connectivity index (χ0v) is 17.9. The van der Waals surface area contributed by atoms with Crippen molar-refractivity contribution >= 4 is 17.7 Å². The molecule has 7 heteroatoms. The molecule has 0 saturated carbocycles. The van der Waals surface area contributed by atoms with Crippen molar-refractivity contribution in [3.05, 3.63) is 58.2 Å². The van der Waals surface area contributed by atoms with Crippen molar-refractivity contribution in [2.45, 2.75) is 52.6 Å². The molecule has 7 nitrogen and oxygen atoms in total. The van der Waals surface area contributed by atoms with E-state index in [-0.39, 0.29) is 28.8 Å². The number of ether oxygens (including phenoxy) is 3. The first kappa shape index (κ1) is 21.6. The zero-order chi connectivity index (χ0) is 22.2. The molecule has 0 aromatic heterocycles. The number of benzene rings is 1. The molecule has 1 atom stereocenters. The van der Waals surface area contributed by atoms with Crippen molar-refractivity contribution in [1.29, 1.82) is 0 Å². The fourth-order valence-corrected chi connectivity index (χ4v) is 3.92. The molecule has 0 saturated heterocycles. The lowest BCUT2D eigenvalue weighted by Crippen LogP contribution is -2.36. The summed E-state index contributed by atoms with van der Waals surface area (Å²) in [5, 5.41) is 0. The highest BCUT2D eigenvalue weighted by atomic mass is 16.5. The molecule has 0 bridgehead atoms. The Bertz CT molecular complexity index is 952.